The Balaban J connectivity index is 2.40. The molecule has 2 rings (SSSR count). The van der Waals surface area contributed by atoms with Crippen molar-refractivity contribution >= 4 is 11.9 Å². The third-order valence-corrected chi connectivity index (χ3v) is 5.29. The van der Waals surface area contributed by atoms with Gasteiger partial charge in [-0.25, -0.2) is 9.59 Å². The summed E-state index contributed by atoms with van der Waals surface area (Å²) in [5.74, 6) is -2.14. The number of aryl methyl sites for hydroxylation is 2. The number of hydrogen-bond acceptors (Lipinski definition) is 6. The van der Waals surface area contributed by atoms with Gasteiger partial charge in [0.2, 0.25) is 0 Å². The maximum Gasteiger partial charge on any atom is 0.347 e. The van der Waals surface area contributed by atoms with Crippen molar-refractivity contribution in [2.75, 3.05) is 7.11 Å². The van der Waals surface area contributed by atoms with Gasteiger partial charge in [0, 0.05) is 12.1 Å². The highest BCUT2D eigenvalue weighted by atomic mass is 16.5. The van der Waals surface area contributed by atoms with E-state index in [-0.39, 0.29) is 28.4 Å². The SMILES string of the molecule is CCCCCc1cc(OC(=O)c2c(CCCCC)cc(O)cc2OC)cc(O)c1C(=O)O. The molecule has 0 aliphatic heterocycles. The number of phenolic OH excluding ortho intramolecular Hbond substituents is 1. The Labute approximate surface area is 188 Å². The summed E-state index contributed by atoms with van der Waals surface area (Å²) in [7, 11) is 1.40. The molecular weight excluding hydrogens is 412 g/mol. The second kappa shape index (κ2) is 12.0. The molecule has 3 N–H and O–H groups in total. The van der Waals surface area contributed by atoms with Gasteiger partial charge in [0.15, 0.2) is 0 Å². The first-order chi connectivity index (χ1) is 15.3. The number of rotatable bonds is 12. The van der Waals surface area contributed by atoms with Crippen LogP contribution in [0.4, 0.5) is 0 Å². The van der Waals surface area contributed by atoms with Gasteiger partial charge in [-0.15, -0.1) is 0 Å². The second-order valence-corrected chi connectivity index (χ2v) is 7.77. The van der Waals surface area contributed by atoms with Gasteiger partial charge in [-0.3, -0.25) is 0 Å². The van der Waals surface area contributed by atoms with Gasteiger partial charge < -0.3 is 24.8 Å². The van der Waals surface area contributed by atoms with Crippen LogP contribution in [-0.2, 0) is 12.8 Å². The molecule has 0 saturated heterocycles. The van der Waals surface area contributed by atoms with Gasteiger partial charge in [0.25, 0.3) is 0 Å². The summed E-state index contributed by atoms with van der Waals surface area (Å²) in [5, 5.41) is 29.8. The predicted molar refractivity (Wildman–Crippen MR) is 121 cm³/mol. The number of aromatic carboxylic acids is 1. The van der Waals surface area contributed by atoms with Crippen LogP contribution in [0.2, 0.25) is 0 Å². The van der Waals surface area contributed by atoms with E-state index in [4.69, 9.17) is 9.47 Å². The van der Waals surface area contributed by atoms with E-state index in [9.17, 15) is 24.9 Å². The van der Waals surface area contributed by atoms with Gasteiger partial charge in [-0.1, -0.05) is 39.5 Å². The van der Waals surface area contributed by atoms with E-state index in [1.807, 2.05) is 6.92 Å². The molecule has 0 atom stereocenters. The minimum atomic E-state index is -1.23. The van der Waals surface area contributed by atoms with E-state index in [0.29, 0.717) is 24.0 Å². The Kier molecular flexibility index (Phi) is 9.38. The topological polar surface area (TPSA) is 113 Å². The molecule has 0 aliphatic carbocycles. The third-order valence-electron chi connectivity index (χ3n) is 5.29. The lowest BCUT2D eigenvalue weighted by atomic mass is 9.99. The van der Waals surface area contributed by atoms with Crippen LogP contribution in [0.25, 0.3) is 0 Å². The summed E-state index contributed by atoms with van der Waals surface area (Å²) in [5.41, 5.74) is 1.04. The number of benzene rings is 2. The fourth-order valence-electron chi connectivity index (χ4n) is 3.70. The molecule has 174 valence electrons. The van der Waals surface area contributed by atoms with Crippen molar-refractivity contribution in [3.63, 3.8) is 0 Å². The molecule has 0 spiro atoms. The summed E-state index contributed by atoms with van der Waals surface area (Å²) >= 11 is 0. The number of hydrogen-bond donors (Lipinski definition) is 3. The number of ether oxygens (including phenoxy) is 2. The molecule has 2 aromatic carbocycles. The van der Waals surface area contributed by atoms with Crippen LogP contribution < -0.4 is 9.47 Å². The monoisotopic (exact) mass is 444 g/mol. The highest BCUT2D eigenvalue weighted by molar-refractivity contribution is 5.97. The molecule has 0 amide bonds. The fourth-order valence-corrected chi connectivity index (χ4v) is 3.70. The molecule has 0 aromatic heterocycles. The molecule has 0 unspecified atom stereocenters. The first kappa shape index (κ1) is 25.0. The number of carboxylic acids is 1. The van der Waals surface area contributed by atoms with Gasteiger partial charge in [-0.05, 0) is 48.9 Å². The van der Waals surface area contributed by atoms with E-state index in [1.165, 1.54) is 25.3 Å². The van der Waals surface area contributed by atoms with Crippen LogP contribution in [0, 0.1) is 0 Å². The maximum atomic E-state index is 13.1. The Hall–Kier alpha value is -3.22. The first-order valence-electron chi connectivity index (χ1n) is 11.0. The molecule has 0 heterocycles. The van der Waals surface area contributed by atoms with Crippen LogP contribution in [0.15, 0.2) is 24.3 Å². The average molecular weight is 445 g/mol. The van der Waals surface area contributed by atoms with Gasteiger partial charge in [0.05, 0.1) is 7.11 Å². The zero-order chi connectivity index (χ0) is 23.7. The van der Waals surface area contributed by atoms with Crippen molar-refractivity contribution in [1.82, 2.24) is 0 Å². The molecule has 0 fully saturated rings. The number of carbonyl (C=O) groups is 2. The van der Waals surface area contributed by atoms with E-state index in [1.54, 1.807) is 0 Å². The number of unbranched alkanes of at least 4 members (excludes halogenated alkanes) is 4. The van der Waals surface area contributed by atoms with Gasteiger partial charge in [-0.2, -0.15) is 0 Å². The molecule has 7 nitrogen and oxygen atoms in total. The highest BCUT2D eigenvalue weighted by Crippen LogP contribution is 2.33. The fraction of sp³-hybridized carbons (Fsp3) is 0.440. The van der Waals surface area contributed by atoms with Crippen LogP contribution >= 0.6 is 0 Å². The molecular formula is C25H32O7. The van der Waals surface area contributed by atoms with E-state index < -0.39 is 17.7 Å². The number of methoxy groups -OCH3 is 1. The van der Waals surface area contributed by atoms with Gasteiger partial charge >= 0.3 is 11.9 Å². The predicted octanol–water partition coefficient (Wildman–Crippen LogP) is 5.49. The quantitative estimate of drug-likeness (QED) is 0.225. The third kappa shape index (κ3) is 6.39. The van der Waals surface area contributed by atoms with Crippen molar-refractivity contribution in [2.24, 2.45) is 0 Å². The summed E-state index contributed by atoms with van der Waals surface area (Å²) in [4.78, 5) is 24.7. The van der Waals surface area contributed by atoms with Crippen LogP contribution in [-0.4, -0.2) is 34.4 Å². The van der Waals surface area contributed by atoms with Crippen LogP contribution in [0.3, 0.4) is 0 Å². The minimum absolute atomic E-state index is 0.00781. The Morgan fingerprint density at radius 2 is 1.44 bits per heavy atom. The lowest BCUT2D eigenvalue weighted by molar-refractivity contribution is 0.0692. The van der Waals surface area contributed by atoms with Crippen molar-refractivity contribution in [3.8, 4) is 23.0 Å². The Bertz CT molecular complexity index is 950. The molecule has 0 aliphatic rings. The average Bonchev–Trinajstić information content (AvgIpc) is 2.73. The zero-order valence-electron chi connectivity index (χ0n) is 18.9. The Morgan fingerprint density at radius 1 is 0.844 bits per heavy atom. The zero-order valence-corrected chi connectivity index (χ0v) is 18.9. The van der Waals surface area contributed by atoms with Crippen molar-refractivity contribution in [2.45, 2.75) is 65.2 Å². The van der Waals surface area contributed by atoms with Crippen molar-refractivity contribution in [3.05, 3.63) is 46.5 Å². The second-order valence-electron chi connectivity index (χ2n) is 7.77. The maximum absolute atomic E-state index is 13.1. The smallest absolute Gasteiger partial charge is 0.347 e. The van der Waals surface area contributed by atoms with E-state index in [0.717, 1.165) is 44.6 Å². The summed E-state index contributed by atoms with van der Waals surface area (Å²) in [6.07, 6.45) is 6.44. The largest absolute Gasteiger partial charge is 0.508 e. The Morgan fingerprint density at radius 3 is 1.97 bits per heavy atom. The number of aromatic hydroxyl groups is 2. The standard InChI is InChI=1S/C25H32O7/c1-4-6-8-10-16-12-18(26)14-21(31-3)23(16)25(30)32-19-13-17(11-9-7-5-2)22(24(28)29)20(27)15-19/h12-15,26-27H,4-11H2,1-3H3,(H,28,29). The molecule has 32 heavy (non-hydrogen) atoms. The summed E-state index contributed by atoms with van der Waals surface area (Å²) < 4.78 is 10.8. The molecule has 0 bridgehead atoms. The number of esters is 1. The molecule has 0 radical (unpaired) electrons. The van der Waals surface area contributed by atoms with Crippen molar-refractivity contribution in [1.29, 1.82) is 0 Å². The highest BCUT2D eigenvalue weighted by Gasteiger charge is 2.23. The van der Waals surface area contributed by atoms with Crippen molar-refractivity contribution < 1.29 is 34.4 Å². The normalized spacial score (nSPS) is 10.7. The summed E-state index contributed by atoms with van der Waals surface area (Å²) in [6, 6.07) is 5.49. The lowest BCUT2D eigenvalue weighted by Crippen LogP contribution is -2.14. The van der Waals surface area contributed by atoms with Gasteiger partial charge in [0.1, 0.15) is 34.1 Å². The number of carbonyl (C=O) groups excluding carboxylic acids is 1. The van der Waals surface area contributed by atoms with Crippen LogP contribution in [0.5, 0.6) is 23.0 Å². The molecule has 7 heteroatoms. The molecule has 0 saturated carbocycles. The minimum Gasteiger partial charge on any atom is -0.508 e. The van der Waals surface area contributed by atoms with E-state index >= 15 is 0 Å². The van der Waals surface area contributed by atoms with E-state index in [2.05, 4.69) is 6.92 Å². The summed E-state index contributed by atoms with van der Waals surface area (Å²) in [6.45, 7) is 4.11. The molecule has 2 aromatic rings. The number of carboxylic acid groups (broad SMARTS) is 1. The lowest BCUT2D eigenvalue weighted by Gasteiger charge is -2.15. The first-order valence-corrected chi connectivity index (χ1v) is 11.0. The number of phenols is 2. The van der Waals surface area contributed by atoms with Crippen LogP contribution in [0.1, 0.15) is 84.2 Å².